The van der Waals surface area contributed by atoms with Gasteiger partial charge < -0.3 is 10.6 Å². The van der Waals surface area contributed by atoms with Crippen LogP contribution in [0, 0.1) is 5.92 Å². The van der Waals surface area contributed by atoms with Gasteiger partial charge >= 0.3 is 0 Å². The van der Waals surface area contributed by atoms with E-state index in [1.165, 1.54) is 4.88 Å². The molecule has 0 amide bonds. The maximum Gasteiger partial charge on any atom is 0.191 e. The van der Waals surface area contributed by atoms with Gasteiger partial charge in [0.2, 0.25) is 0 Å². The second-order valence-electron chi connectivity index (χ2n) is 6.70. The summed E-state index contributed by atoms with van der Waals surface area (Å²) in [7, 11) is -0.836. The van der Waals surface area contributed by atoms with Crippen molar-refractivity contribution < 1.29 is 4.21 Å². The molecule has 23 heavy (non-hydrogen) atoms. The molecule has 0 aliphatic carbocycles. The highest BCUT2D eigenvalue weighted by Gasteiger charge is 2.18. The van der Waals surface area contributed by atoms with Crippen LogP contribution in [0.4, 0.5) is 0 Å². The average molecular weight is 358 g/mol. The van der Waals surface area contributed by atoms with E-state index in [2.05, 4.69) is 47.0 Å². The van der Waals surface area contributed by atoms with E-state index in [0.29, 0.717) is 18.2 Å². The molecule has 0 bridgehead atoms. The molecule has 0 spiro atoms. The third-order valence-corrected chi connectivity index (χ3v) is 6.14. The van der Waals surface area contributed by atoms with Crippen molar-refractivity contribution >= 4 is 28.1 Å². The van der Waals surface area contributed by atoms with Crippen LogP contribution in [0.5, 0.6) is 0 Å². The highest BCUT2D eigenvalue weighted by atomic mass is 32.2. The van der Waals surface area contributed by atoms with E-state index in [4.69, 9.17) is 0 Å². The number of rotatable bonds is 8. The number of hydrogen-bond donors (Lipinski definition) is 2. The van der Waals surface area contributed by atoms with E-state index in [1.54, 1.807) is 11.3 Å². The van der Waals surface area contributed by atoms with Crippen LogP contribution in [0.15, 0.2) is 22.5 Å². The van der Waals surface area contributed by atoms with Crippen LogP contribution < -0.4 is 10.6 Å². The fourth-order valence-corrected chi connectivity index (χ4v) is 3.76. The molecule has 4 nitrogen and oxygen atoms in total. The van der Waals surface area contributed by atoms with Gasteiger partial charge in [-0.05, 0) is 51.5 Å². The minimum atomic E-state index is -0.836. The molecule has 2 N–H and O–H groups in total. The van der Waals surface area contributed by atoms with Gasteiger partial charge in [0.25, 0.3) is 0 Å². The minimum Gasteiger partial charge on any atom is -0.357 e. The number of nitrogens with zero attached hydrogens (tertiary/aromatic N) is 1. The molecular formula is C17H31N3OS2. The fourth-order valence-electron chi connectivity index (χ4n) is 1.99. The first-order valence-corrected chi connectivity index (χ1v) is 10.5. The second kappa shape index (κ2) is 10.1. The summed E-state index contributed by atoms with van der Waals surface area (Å²) in [5.74, 6) is 1.96. The molecular weight excluding hydrogens is 326 g/mol. The van der Waals surface area contributed by atoms with Gasteiger partial charge in [-0.1, -0.05) is 13.0 Å². The third-order valence-electron chi connectivity index (χ3n) is 3.30. The van der Waals surface area contributed by atoms with Crippen molar-refractivity contribution in [3.05, 3.63) is 22.4 Å². The van der Waals surface area contributed by atoms with Gasteiger partial charge in [-0.25, -0.2) is 0 Å². The van der Waals surface area contributed by atoms with Crippen molar-refractivity contribution in [2.75, 3.05) is 25.4 Å². The normalized spacial score (nSPS) is 15.3. The molecule has 0 fully saturated rings. The molecule has 0 aliphatic heterocycles. The summed E-state index contributed by atoms with van der Waals surface area (Å²) in [4.78, 5) is 6.06. The van der Waals surface area contributed by atoms with Crippen LogP contribution in [0.1, 0.15) is 39.5 Å². The molecule has 2 unspecified atom stereocenters. The van der Waals surface area contributed by atoms with Crippen molar-refractivity contribution in [1.29, 1.82) is 0 Å². The van der Waals surface area contributed by atoms with Crippen LogP contribution >= 0.6 is 11.3 Å². The zero-order chi connectivity index (χ0) is 17.3. The summed E-state index contributed by atoms with van der Waals surface area (Å²) in [6.07, 6.45) is 1.06. The molecule has 0 aliphatic rings. The zero-order valence-corrected chi connectivity index (χ0v) is 16.6. The smallest absolute Gasteiger partial charge is 0.191 e. The lowest BCUT2D eigenvalue weighted by Crippen LogP contribution is -2.40. The Kier molecular flexibility index (Phi) is 8.84. The van der Waals surface area contributed by atoms with Gasteiger partial charge in [0.15, 0.2) is 5.96 Å². The average Bonchev–Trinajstić information content (AvgIpc) is 2.96. The number of thiophene rings is 1. The lowest BCUT2D eigenvalue weighted by Gasteiger charge is -2.18. The lowest BCUT2D eigenvalue weighted by atomic mass is 10.1. The van der Waals surface area contributed by atoms with E-state index in [-0.39, 0.29) is 4.75 Å². The van der Waals surface area contributed by atoms with E-state index in [0.717, 1.165) is 25.5 Å². The monoisotopic (exact) mass is 357 g/mol. The number of guanidine groups is 1. The van der Waals surface area contributed by atoms with Gasteiger partial charge in [0.05, 0.1) is 0 Å². The standard InChI is InChI=1S/C17H31N3OS2/c1-6-18-16(19-9-11-23(21)17(3,4)5)20-13-14(2)12-15-8-7-10-22-15/h7-8,10,14H,6,9,11-13H2,1-5H3,(H2,18,19,20). The lowest BCUT2D eigenvalue weighted by molar-refractivity contribution is 0.595. The Morgan fingerprint density at radius 3 is 2.70 bits per heavy atom. The molecule has 0 radical (unpaired) electrons. The Morgan fingerprint density at radius 2 is 2.13 bits per heavy atom. The quantitative estimate of drug-likeness (QED) is 0.555. The van der Waals surface area contributed by atoms with E-state index < -0.39 is 10.8 Å². The molecule has 0 saturated heterocycles. The molecule has 2 atom stereocenters. The molecule has 1 heterocycles. The van der Waals surface area contributed by atoms with Crippen LogP contribution in [-0.2, 0) is 17.2 Å². The maximum atomic E-state index is 12.1. The number of nitrogens with one attached hydrogen (secondary N) is 2. The topological polar surface area (TPSA) is 53.5 Å². The highest BCUT2D eigenvalue weighted by Crippen LogP contribution is 2.14. The van der Waals surface area contributed by atoms with Gasteiger partial charge in [-0.3, -0.25) is 9.20 Å². The largest absolute Gasteiger partial charge is 0.357 e. The third kappa shape index (κ3) is 8.51. The highest BCUT2D eigenvalue weighted by molar-refractivity contribution is 7.86. The molecule has 6 heteroatoms. The molecule has 0 saturated carbocycles. The van der Waals surface area contributed by atoms with Crippen LogP contribution in [-0.4, -0.2) is 40.3 Å². The zero-order valence-electron chi connectivity index (χ0n) is 15.0. The van der Waals surface area contributed by atoms with Crippen LogP contribution in [0.3, 0.4) is 0 Å². The maximum absolute atomic E-state index is 12.1. The SMILES string of the molecule is CCNC(=NCC(C)Cc1cccs1)NCCS(=O)C(C)(C)C. The van der Waals surface area contributed by atoms with E-state index in [9.17, 15) is 4.21 Å². The number of hydrogen-bond acceptors (Lipinski definition) is 3. The van der Waals surface area contributed by atoms with Crippen molar-refractivity contribution in [3.8, 4) is 0 Å². The van der Waals surface area contributed by atoms with E-state index in [1.807, 2.05) is 20.8 Å². The predicted molar refractivity (Wildman–Crippen MR) is 104 cm³/mol. The second-order valence-corrected chi connectivity index (χ2v) is 10.1. The predicted octanol–water partition coefficient (Wildman–Crippen LogP) is 3.03. The molecule has 1 aromatic heterocycles. The summed E-state index contributed by atoms with van der Waals surface area (Å²) in [6.45, 7) is 12.6. The van der Waals surface area contributed by atoms with Crippen molar-refractivity contribution in [1.82, 2.24) is 10.6 Å². The van der Waals surface area contributed by atoms with Crippen LogP contribution in [0.2, 0.25) is 0 Å². The Hall–Kier alpha value is -0.880. The van der Waals surface area contributed by atoms with Crippen molar-refractivity contribution in [2.24, 2.45) is 10.9 Å². The number of aliphatic imine (C=N–C) groups is 1. The first-order chi connectivity index (χ1) is 10.8. The summed E-state index contributed by atoms with van der Waals surface area (Å²) in [5, 5.41) is 8.66. The molecule has 0 aromatic carbocycles. The molecule has 1 rings (SSSR count). The van der Waals surface area contributed by atoms with Crippen molar-refractivity contribution in [3.63, 3.8) is 0 Å². The molecule has 132 valence electrons. The van der Waals surface area contributed by atoms with Crippen LogP contribution in [0.25, 0.3) is 0 Å². The van der Waals surface area contributed by atoms with Gasteiger partial charge in [0.1, 0.15) is 0 Å². The van der Waals surface area contributed by atoms with Gasteiger partial charge in [-0.2, -0.15) is 0 Å². The fraction of sp³-hybridized carbons (Fsp3) is 0.706. The summed E-state index contributed by atoms with van der Waals surface area (Å²) >= 11 is 1.80. The molecule has 1 aromatic rings. The summed E-state index contributed by atoms with van der Waals surface area (Å²) < 4.78 is 11.9. The Morgan fingerprint density at radius 1 is 1.39 bits per heavy atom. The Bertz CT molecular complexity index is 492. The van der Waals surface area contributed by atoms with E-state index >= 15 is 0 Å². The first-order valence-electron chi connectivity index (χ1n) is 8.26. The van der Waals surface area contributed by atoms with Crippen molar-refractivity contribution in [2.45, 2.75) is 45.8 Å². The minimum absolute atomic E-state index is 0.160. The van der Waals surface area contributed by atoms with Gasteiger partial charge in [-0.15, -0.1) is 11.3 Å². The summed E-state index contributed by atoms with van der Waals surface area (Å²) in [6, 6.07) is 4.27. The Balaban J connectivity index is 2.41. The Labute approximate surface area is 147 Å². The summed E-state index contributed by atoms with van der Waals surface area (Å²) in [5.41, 5.74) is 0. The van der Waals surface area contributed by atoms with Gasteiger partial charge in [0, 0.05) is 45.8 Å². The first kappa shape index (κ1) is 20.2.